The van der Waals surface area contributed by atoms with Gasteiger partial charge in [0.05, 0.1) is 25.7 Å². The van der Waals surface area contributed by atoms with Crippen molar-refractivity contribution in [2.45, 2.75) is 12.5 Å². The number of aliphatic hydroxyl groups excluding tert-OH is 1. The molecule has 6 heteroatoms. The first-order valence-electron chi connectivity index (χ1n) is 6.73. The first-order valence-corrected chi connectivity index (χ1v) is 6.73. The van der Waals surface area contributed by atoms with Gasteiger partial charge in [-0.25, -0.2) is 0 Å². The van der Waals surface area contributed by atoms with Gasteiger partial charge >= 0.3 is 0 Å². The van der Waals surface area contributed by atoms with Gasteiger partial charge in [0.25, 0.3) is 0 Å². The molecule has 18 heavy (non-hydrogen) atoms. The Morgan fingerprint density at radius 2 is 2.11 bits per heavy atom. The Balaban J connectivity index is 1.70. The van der Waals surface area contributed by atoms with Crippen LogP contribution < -0.4 is 5.32 Å². The van der Waals surface area contributed by atoms with Gasteiger partial charge in [-0.2, -0.15) is 0 Å². The van der Waals surface area contributed by atoms with E-state index in [4.69, 9.17) is 9.84 Å². The van der Waals surface area contributed by atoms with Gasteiger partial charge in [0.2, 0.25) is 5.91 Å². The van der Waals surface area contributed by atoms with Crippen LogP contribution >= 0.6 is 0 Å². The number of ether oxygens (including phenoxy) is 1. The number of piperazine rings is 1. The number of hydrogen-bond acceptors (Lipinski definition) is 5. The minimum Gasteiger partial charge on any atom is -0.395 e. The van der Waals surface area contributed by atoms with Gasteiger partial charge in [-0.15, -0.1) is 0 Å². The number of hydrogen-bond donors (Lipinski definition) is 2. The molecule has 2 heterocycles. The lowest BCUT2D eigenvalue weighted by atomic mass is 10.2. The van der Waals surface area contributed by atoms with E-state index in [9.17, 15) is 4.79 Å². The minimum absolute atomic E-state index is 0.0294. The van der Waals surface area contributed by atoms with Crippen molar-refractivity contribution >= 4 is 5.91 Å². The predicted molar refractivity (Wildman–Crippen MR) is 67.3 cm³/mol. The summed E-state index contributed by atoms with van der Waals surface area (Å²) in [5, 5.41) is 12.1. The molecule has 2 fully saturated rings. The first kappa shape index (κ1) is 13.7. The quantitative estimate of drug-likeness (QED) is 0.642. The SMILES string of the molecule is O=C(CC1CNCCO1)N1CCN(CCO)CC1. The van der Waals surface area contributed by atoms with Gasteiger partial charge in [-0.3, -0.25) is 9.69 Å². The predicted octanol–water partition coefficient (Wildman–Crippen LogP) is -1.50. The molecule has 2 aliphatic heterocycles. The van der Waals surface area contributed by atoms with Gasteiger partial charge in [0.1, 0.15) is 0 Å². The van der Waals surface area contributed by atoms with Crippen LogP contribution in [0, 0.1) is 0 Å². The number of aliphatic hydroxyl groups is 1. The molecule has 1 amide bonds. The van der Waals surface area contributed by atoms with Gasteiger partial charge in [0.15, 0.2) is 0 Å². The Morgan fingerprint density at radius 1 is 1.33 bits per heavy atom. The van der Waals surface area contributed by atoms with Crippen molar-refractivity contribution < 1.29 is 14.6 Å². The molecule has 104 valence electrons. The Hall–Kier alpha value is -0.690. The zero-order valence-corrected chi connectivity index (χ0v) is 10.8. The molecule has 2 N–H and O–H groups in total. The number of rotatable bonds is 4. The summed E-state index contributed by atoms with van der Waals surface area (Å²) in [6.45, 7) is 6.49. The minimum atomic E-state index is 0.0294. The lowest BCUT2D eigenvalue weighted by molar-refractivity contribution is -0.136. The first-order chi connectivity index (χ1) is 8.79. The molecular weight excluding hydrogens is 234 g/mol. The summed E-state index contributed by atoms with van der Waals surface area (Å²) in [7, 11) is 0. The van der Waals surface area contributed by atoms with E-state index in [-0.39, 0.29) is 18.6 Å². The Morgan fingerprint density at radius 3 is 2.72 bits per heavy atom. The Kier molecular flexibility index (Phi) is 5.37. The molecule has 2 aliphatic rings. The van der Waals surface area contributed by atoms with Crippen LogP contribution in [-0.2, 0) is 9.53 Å². The molecular formula is C12H23N3O3. The van der Waals surface area contributed by atoms with E-state index >= 15 is 0 Å². The second-order valence-corrected chi connectivity index (χ2v) is 4.85. The van der Waals surface area contributed by atoms with E-state index in [0.717, 1.165) is 39.3 Å². The van der Waals surface area contributed by atoms with Gasteiger partial charge < -0.3 is 20.1 Å². The fourth-order valence-corrected chi connectivity index (χ4v) is 2.44. The van der Waals surface area contributed by atoms with Crippen molar-refractivity contribution in [1.29, 1.82) is 0 Å². The third kappa shape index (κ3) is 3.91. The summed E-state index contributed by atoms with van der Waals surface area (Å²) in [6, 6.07) is 0. The zero-order valence-electron chi connectivity index (χ0n) is 10.8. The Bertz CT molecular complexity index is 261. The summed E-state index contributed by atoms with van der Waals surface area (Å²) in [5.74, 6) is 0.187. The lowest BCUT2D eigenvalue weighted by Crippen LogP contribution is -2.50. The molecule has 1 atom stereocenters. The number of morpholine rings is 1. The maximum Gasteiger partial charge on any atom is 0.225 e. The number of carbonyl (C=O) groups excluding carboxylic acids is 1. The Labute approximate surface area is 108 Å². The third-order valence-electron chi connectivity index (χ3n) is 3.55. The van der Waals surface area contributed by atoms with Crippen LogP contribution in [-0.4, -0.2) is 85.9 Å². The van der Waals surface area contributed by atoms with E-state index in [1.54, 1.807) is 0 Å². The fraction of sp³-hybridized carbons (Fsp3) is 0.917. The number of nitrogens with one attached hydrogen (secondary N) is 1. The molecule has 0 aliphatic carbocycles. The average molecular weight is 257 g/mol. The lowest BCUT2D eigenvalue weighted by Gasteiger charge is -2.35. The molecule has 0 radical (unpaired) electrons. The van der Waals surface area contributed by atoms with Crippen molar-refractivity contribution in [2.75, 3.05) is 59.0 Å². The van der Waals surface area contributed by atoms with Crippen LogP contribution in [0.25, 0.3) is 0 Å². The van der Waals surface area contributed by atoms with Crippen LogP contribution in [0.5, 0.6) is 0 Å². The van der Waals surface area contributed by atoms with Crippen molar-refractivity contribution in [2.24, 2.45) is 0 Å². The van der Waals surface area contributed by atoms with Crippen molar-refractivity contribution in [3.8, 4) is 0 Å². The molecule has 0 saturated carbocycles. The summed E-state index contributed by atoms with van der Waals surface area (Å²) < 4.78 is 5.55. The van der Waals surface area contributed by atoms with E-state index in [1.165, 1.54) is 0 Å². The van der Waals surface area contributed by atoms with Crippen LogP contribution in [0.3, 0.4) is 0 Å². The molecule has 1 unspecified atom stereocenters. The van der Waals surface area contributed by atoms with E-state index in [2.05, 4.69) is 10.2 Å². The third-order valence-corrected chi connectivity index (χ3v) is 3.55. The highest BCUT2D eigenvalue weighted by Crippen LogP contribution is 2.08. The van der Waals surface area contributed by atoms with Gasteiger partial charge in [-0.05, 0) is 0 Å². The largest absolute Gasteiger partial charge is 0.395 e. The van der Waals surface area contributed by atoms with E-state index in [1.807, 2.05) is 4.90 Å². The number of β-amino-alcohol motifs (C(OH)–C–C–N with tert-alkyl or cyclic N) is 1. The number of carbonyl (C=O) groups is 1. The highest BCUT2D eigenvalue weighted by atomic mass is 16.5. The number of amides is 1. The average Bonchev–Trinajstić information content (AvgIpc) is 2.41. The van der Waals surface area contributed by atoms with Gasteiger partial charge in [0, 0.05) is 45.8 Å². The van der Waals surface area contributed by atoms with Crippen LogP contribution in [0.4, 0.5) is 0 Å². The topological polar surface area (TPSA) is 65.0 Å². The molecule has 0 aromatic rings. The summed E-state index contributed by atoms with van der Waals surface area (Å²) >= 11 is 0. The maximum absolute atomic E-state index is 12.1. The van der Waals surface area contributed by atoms with Crippen LogP contribution in [0.15, 0.2) is 0 Å². The van der Waals surface area contributed by atoms with E-state index < -0.39 is 0 Å². The highest BCUT2D eigenvalue weighted by Gasteiger charge is 2.24. The standard InChI is InChI=1S/C12H23N3O3/c16-7-6-14-2-4-15(5-3-14)12(17)9-11-10-13-1-8-18-11/h11,13,16H,1-10H2. The van der Waals surface area contributed by atoms with Gasteiger partial charge in [-0.1, -0.05) is 0 Å². The molecule has 0 spiro atoms. The van der Waals surface area contributed by atoms with Crippen molar-refractivity contribution in [3.63, 3.8) is 0 Å². The van der Waals surface area contributed by atoms with Crippen LogP contribution in [0.1, 0.15) is 6.42 Å². The number of nitrogens with zero attached hydrogens (tertiary/aromatic N) is 2. The maximum atomic E-state index is 12.1. The molecule has 2 rings (SSSR count). The normalized spacial score (nSPS) is 26.3. The van der Waals surface area contributed by atoms with E-state index in [0.29, 0.717) is 19.6 Å². The molecule has 0 aromatic heterocycles. The molecule has 6 nitrogen and oxygen atoms in total. The second-order valence-electron chi connectivity index (χ2n) is 4.85. The van der Waals surface area contributed by atoms with Crippen molar-refractivity contribution in [1.82, 2.24) is 15.1 Å². The zero-order chi connectivity index (χ0) is 12.8. The van der Waals surface area contributed by atoms with Crippen LogP contribution in [0.2, 0.25) is 0 Å². The fourth-order valence-electron chi connectivity index (χ4n) is 2.44. The second kappa shape index (κ2) is 7.04. The monoisotopic (exact) mass is 257 g/mol. The molecule has 0 aromatic carbocycles. The summed E-state index contributed by atoms with van der Waals surface area (Å²) in [5.41, 5.74) is 0. The smallest absolute Gasteiger partial charge is 0.225 e. The van der Waals surface area contributed by atoms with Crippen molar-refractivity contribution in [3.05, 3.63) is 0 Å². The summed E-state index contributed by atoms with van der Waals surface area (Å²) in [6.07, 6.45) is 0.509. The summed E-state index contributed by atoms with van der Waals surface area (Å²) in [4.78, 5) is 16.2. The molecule has 0 bridgehead atoms. The molecule has 2 saturated heterocycles. The highest BCUT2D eigenvalue weighted by molar-refractivity contribution is 5.76.